The van der Waals surface area contributed by atoms with E-state index in [1.54, 1.807) is 18.6 Å². The van der Waals surface area contributed by atoms with Gasteiger partial charge in [-0.25, -0.2) is 4.98 Å². The summed E-state index contributed by atoms with van der Waals surface area (Å²) in [5.41, 5.74) is 7.73. The van der Waals surface area contributed by atoms with Crippen molar-refractivity contribution in [2.75, 3.05) is 5.73 Å². The molecule has 0 aliphatic heterocycles. The molecule has 0 aliphatic rings. The van der Waals surface area contributed by atoms with Crippen LogP contribution in [0.5, 0.6) is 0 Å². The predicted molar refractivity (Wildman–Crippen MR) is 51.9 cm³/mol. The molecule has 0 aromatic carbocycles. The highest BCUT2D eigenvalue weighted by molar-refractivity contribution is 5.64. The molecule has 0 radical (unpaired) electrons. The summed E-state index contributed by atoms with van der Waals surface area (Å²) in [7, 11) is 0. The van der Waals surface area contributed by atoms with Crippen LogP contribution in [-0.4, -0.2) is 9.97 Å². The van der Waals surface area contributed by atoms with Gasteiger partial charge in [-0.3, -0.25) is 4.98 Å². The first-order chi connectivity index (χ1) is 6.36. The van der Waals surface area contributed by atoms with E-state index in [1.165, 1.54) is 0 Å². The number of nitrogens with zero attached hydrogens (tertiary/aromatic N) is 2. The molecule has 0 saturated heterocycles. The Hall–Kier alpha value is -1.90. The maximum absolute atomic E-state index is 5.57. The summed E-state index contributed by atoms with van der Waals surface area (Å²) in [6, 6.07) is 7.64. The summed E-state index contributed by atoms with van der Waals surface area (Å²) in [5.74, 6) is 0.536. The number of rotatable bonds is 1. The lowest BCUT2D eigenvalue weighted by molar-refractivity contribution is 1.31. The molecule has 64 valence electrons. The Balaban J connectivity index is 2.48. The summed E-state index contributed by atoms with van der Waals surface area (Å²) in [6.07, 6.45) is 5.21. The van der Waals surface area contributed by atoms with Gasteiger partial charge in [0.1, 0.15) is 5.82 Å². The van der Waals surface area contributed by atoms with E-state index in [0.29, 0.717) is 5.82 Å². The molecule has 0 aliphatic carbocycles. The Morgan fingerprint density at radius 3 is 2.31 bits per heavy atom. The second-order valence-corrected chi connectivity index (χ2v) is 2.71. The lowest BCUT2D eigenvalue weighted by Gasteiger charge is -2.00. The number of aromatic nitrogens is 2. The summed E-state index contributed by atoms with van der Waals surface area (Å²) < 4.78 is 0. The van der Waals surface area contributed by atoms with E-state index in [-0.39, 0.29) is 0 Å². The second-order valence-electron chi connectivity index (χ2n) is 2.71. The first kappa shape index (κ1) is 7.73. The van der Waals surface area contributed by atoms with Gasteiger partial charge >= 0.3 is 0 Å². The minimum Gasteiger partial charge on any atom is -0.384 e. The van der Waals surface area contributed by atoms with Crippen molar-refractivity contribution < 1.29 is 0 Å². The quantitative estimate of drug-likeness (QED) is 0.710. The number of anilines is 1. The highest BCUT2D eigenvalue weighted by atomic mass is 14.8. The molecule has 2 aromatic rings. The molecule has 2 rings (SSSR count). The van der Waals surface area contributed by atoms with Crippen LogP contribution in [0.3, 0.4) is 0 Å². The fraction of sp³-hybridized carbons (Fsp3) is 0. The molecule has 0 amide bonds. The van der Waals surface area contributed by atoms with Gasteiger partial charge in [-0.1, -0.05) is 0 Å². The average Bonchev–Trinajstić information content (AvgIpc) is 2.19. The Bertz CT molecular complexity index is 398. The topological polar surface area (TPSA) is 51.8 Å². The van der Waals surface area contributed by atoms with E-state index in [4.69, 9.17) is 5.73 Å². The zero-order valence-corrected chi connectivity index (χ0v) is 7.01. The molecule has 0 saturated carbocycles. The highest BCUT2D eigenvalue weighted by Crippen LogP contribution is 2.18. The maximum Gasteiger partial charge on any atom is 0.123 e. The third-order valence-electron chi connectivity index (χ3n) is 1.79. The van der Waals surface area contributed by atoms with E-state index in [9.17, 15) is 0 Å². The minimum absolute atomic E-state index is 0.536. The molecular weight excluding hydrogens is 162 g/mol. The third kappa shape index (κ3) is 1.64. The fourth-order valence-corrected chi connectivity index (χ4v) is 1.17. The van der Waals surface area contributed by atoms with Gasteiger partial charge in [-0.2, -0.15) is 0 Å². The Kier molecular flexibility index (Phi) is 1.92. The van der Waals surface area contributed by atoms with Gasteiger partial charge in [0.25, 0.3) is 0 Å². The van der Waals surface area contributed by atoms with Crippen molar-refractivity contribution in [1.82, 2.24) is 9.97 Å². The van der Waals surface area contributed by atoms with Crippen molar-refractivity contribution in [2.45, 2.75) is 0 Å². The van der Waals surface area contributed by atoms with Crippen molar-refractivity contribution in [3.63, 3.8) is 0 Å². The second kappa shape index (κ2) is 3.23. The van der Waals surface area contributed by atoms with Gasteiger partial charge in [0.2, 0.25) is 0 Å². The standard InChI is InChI=1S/C10H9N3/c11-10-7-9(3-6-13-10)8-1-4-12-5-2-8/h1-7H,(H2,11,13). The molecule has 2 N–H and O–H groups in total. The van der Waals surface area contributed by atoms with Crippen molar-refractivity contribution >= 4 is 5.82 Å². The van der Waals surface area contributed by atoms with Crippen LogP contribution in [0.4, 0.5) is 5.82 Å². The zero-order chi connectivity index (χ0) is 9.10. The van der Waals surface area contributed by atoms with Gasteiger partial charge < -0.3 is 5.73 Å². The summed E-state index contributed by atoms with van der Waals surface area (Å²) in [4.78, 5) is 7.87. The number of pyridine rings is 2. The van der Waals surface area contributed by atoms with Gasteiger partial charge in [-0.05, 0) is 35.4 Å². The van der Waals surface area contributed by atoms with Crippen molar-refractivity contribution in [3.05, 3.63) is 42.9 Å². The molecule has 13 heavy (non-hydrogen) atoms. The molecule has 2 aromatic heterocycles. The van der Waals surface area contributed by atoms with E-state index >= 15 is 0 Å². The van der Waals surface area contributed by atoms with Crippen LogP contribution in [-0.2, 0) is 0 Å². The highest BCUT2D eigenvalue weighted by Gasteiger charge is 1.96. The average molecular weight is 171 g/mol. The van der Waals surface area contributed by atoms with Crippen LogP contribution in [0.2, 0.25) is 0 Å². The van der Waals surface area contributed by atoms with Crippen LogP contribution in [0.1, 0.15) is 0 Å². The number of hydrogen-bond acceptors (Lipinski definition) is 3. The molecule has 3 nitrogen and oxygen atoms in total. The van der Waals surface area contributed by atoms with Gasteiger partial charge in [0.15, 0.2) is 0 Å². The first-order valence-corrected chi connectivity index (χ1v) is 3.98. The molecular formula is C10H9N3. The summed E-state index contributed by atoms with van der Waals surface area (Å²) in [6.45, 7) is 0. The lowest BCUT2D eigenvalue weighted by atomic mass is 10.1. The minimum atomic E-state index is 0.536. The van der Waals surface area contributed by atoms with E-state index < -0.39 is 0 Å². The van der Waals surface area contributed by atoms with Gasteiger partial charge in [0, 0.05) is 18.6 Å². The SMILES string of the molecule is Nc1cc(-c2ccncc2)ccn1. The Morgan fingerprint density at radius 2 is 1.62 bits per heavy atom. The number of nitrogen functional groups attached to an aromatic ring is 1. The molecule has 0 unspecified atom stereocenters. The number of nitrogens with two attached hydrogens (primary N) is 1. The summed E-state index contributed by atoms with van der Waals surface area (Å²) >= 11 is 0. The van der Waals surface area contributed by atoms with Crippen molar-refractivity contribution in [1.29, 1.82) is 0 Å². The molecule has 0 fully saturated rings. The van der Waals surface area contributed by atoms with Crippen LogP contribution in [0.15, 0.2) is 42.9 Å². The van der Waals surface area contributed by atoms with Crippen LogP contribution in [0.25, 0.3) is 11.1 Å². The third-order valence-corrected chi connectivity index (χ3v) is 1.79. The molecule has 0 spiro atoms. The Morgan fingerprint density at radius 1 is 0.923 bits per heavy atom. The van der Waals surface area contributed by atoms with Crippen molar-refractivity contribution in [3.8, 4) is 11.1 Å². The van der Waals surface area contributed by atoms with E-state index in [1.807, 2.05) is 24.3 Å². The monoisotopic (exact) mass is 171 g/mol. The van der Waals surface area contributed by atoms with E-state index in [0.717, 1.165) is 11.1 Å². The largest absolute Gasteiger partial charge is 0.384 e. The van der Waals surface area contributed by atoms with Crippen LogP contribution < -0.4 is 5.73 Å². The smallest absolute Gasteiger partial charge is 0.123 e. The normalized spacial score (nSPS) is 9.85. The zero-order valence-electron chi connectivity index (χ0n) is 7.01. The van der Waals surface area contributed by atoms with Crippen molar-refractivity contribution in [2.24, 2.45) is 0 Å². The molecule has 2 heterocycles. The van der Waals surface area contributed by atoms with Crippen LogP contribution >= 0.6 is 0 Å². The number of hydrogen-bond donors (Lipinski definition) is 1. The van der Waals surface area contributed by atoms with Gasteiger partial charge in [-0.15, -0.1) is 0 Å². The molecule has 0 bridgehead atoms. The summed E-state index contributed by atoms with van der Waals surface area (Å²) in [5, 5.41) is 0. The molecule has 3 heteroatoms. The molecule has 0 atom stereocenters. The lowest BCUT2D eigenvalue weighted by Crippen LogP contribution is -1.89. The fourth-order valence-electron chi connectivity index (χ4n) is 1.17. The van der Waals surface area contributed by atoms with E-state index in [2.05, 4.69) is 9.97 Å². The van der Waals surface area contributed by atoms with Gasteiger partial charge in [0.05, 0.1) is 0 Å². The maximum atomic E-state index is 5.57. The first-order valence-electron chi connectivity index (χ1n) is 3.98. The Labute approximate surface area is 76.3 Å². The van der Waals surface area contributed by atoms with Crippen LogP contribution in [0, 0.1) is 0 Å². The predicted octanol–water partition coefficient (Wildman–Crippen LogP) is 1.73.